The minimum Gasteiger partial charge on any atom is -0.330 e. The summed E-state index contributed by atoms with van der Waals surface area (Å²) in [4.78, 5) is 4.84. The molecule has 3 N–H and O–H groups in total. The Hall–Kier alpha value is -0.960. The molecule has 2 aromatic rings. The molecule has 0 unspecified atom stereocenters. The first-order valence-electron chi connectivity index (χ1n) is 5.44. The fraction of sp³-hybridized carbons (Fsp3) is 0.182. The Balaban J connectivity index is 2.25. The smallest absolute Gasteiger partial charge is 0.271 e. The number of aromatic nitrogens is 1. The van der Waals surface area contributed by atoms with E-state index in [1.807, 2.05) is 0 Å². The third-order valence-electron chi connectivity index (χ3n) is 2.31. The summed E-state index contributed by atoms with van der Waals surface area (Å²) in [6.07, 6.45) is 3.74. The predicted octanol–water partition coefficient (Wildman–Crippen LogP) is 2.21. The van der Waals surface area contributed by atoms with Gasteiger partial charge in [-0.1, -0.05) is 0 Å². The summed E-state index contributed by atoms with van der Waals surface area (Å²) in [5.41, 5.74) is 5.91. The van der Waals surface area contributed by atoms with Crippen LogP contribution in [-0.2, 0) is 16.4 Å². The molecular weight excluding hydrogens is 350 g/mol. The maximum atomic E-state index is 12.2. The molecule has 0 fully saturated rings. The topological polar surface area (TPSA) is 85.1 Å². The number of pyridine rings is 1. The Morgan fingerprint density at radius 3 is 2.84 bits per heavy atom. The summed E-state index contributed by atoms with van der Waals surface area (Å²) in [6, 6.07) is 4.97. The zero-order valence-corrected chi connectivity index (χ0v) is 13.1. The normalized spacial score (nSPS) is 11.5. The van der Waals surface area contributed by atoms with E-state index in [4.69, 9.17) is 5.73 Å². The Morgan fingerprint density at radius 2 is 2.16 bits per heavy atom. The van der Waals surface area contributed by atoms with Crippen LogP contribution in [-0.4, -0.2) is 19.9 Å². The van der Waals surface area contributed by atoms with Crippen LogP contribution in [0.25, 0.3) is 0 Å². The molecule has 0 saturated carbocycles. The number of hydrogen-bond donors (Lipinski definition) is 2. The second-order valence-corrected chi connectivity index (χ2v) is 7.65. The van der Waals surface area contributed by atoms with E-state index >= 15 is 0 Å². The average molecular weight is 362 g/mol. The SMILES string of the molecule is NCCc1ccc(S(=O)(=O)Nc2ccncc2Br)s1. The molecule has 0 radical (unpaired) electrons. The van der Waals surface area contributed by atoms with E-state index in [0.717, 1.165) is 4.88 Å². The summed E-state index contributed by atoms with van der Waals surface area (Å²) in [6.45, 7) is 0.503. The first-order valence-corrected chi connectivity index (χ1v) is 8.53. The summed E-state index contributed by atoms with van der Waals surface area (Å²) in [7, 11) is -3.56. The van der Waals surface area contributed by atoms with Crippen LogP contribution in [0.5, 0.6) is 0 Å². The quantitative estimate of drug-likeness (QED) is 0.854. The second kappa shape index (κ2) is 6.00. The highest BCUT2D eigenvalue weighted by Gasteiger charge is 2.17. The molecule has 0 spiro atoms. The first-order chi connectivity index (χ1) is 9.03. The number of thiophene rings is 1. The van der Waals surface area contributed by atoms with Crippen LogP contribution < -0.4 is 10.5 Å². The van der Waals surface area contributed by atoms with E-state index in [1.165, 1.54) is 23.7 Å². The highest BCUT2D eigenvalue weighted by atomic mass is 79.9. The van der Waals surface area contributed by atoms with E-state index in [9.17, 15) is 8.42 Å². The largest absolute Gasteiger partial charge is 0.330 e. The summed E-state index contributed by atoms with van der Waals surface area (Å²) >= 11 is 4.48. The lowest BCUT2D eigenvalue weighted by atomic mass is 10.3. The van der Waals surface area contributed by atoms with Crippen molar-refractivity contribution in [3.63, 3.8) is 0 Å². The second-order valence-electron chi connectivity index (χ2n) is 3.72. The number of anilines is 1. The van der Waals surface area contributed by atoms with E-state index in [2.05, 4.69) is 25.6 Å². The average Bonchev–Trinajstić information content (AvgIpc) is 2.82. The van der Waals surface area contributed by atoms with Crippen LogP contribution in [0.3, 0.4) is 0 Å². The van der Waals surface area contributed by atoms with E-state index in [1.54, 1.807) is 18.2 Å². The predicted molar refractivity (Wildman–Crippen MR) is 79.8 cm³/mol. The van der Waals surface area contributed by atoms with Crippen molar-refractivity contribution in [2.75, 3.05) is 11.3 Å². The Bertz CT molecular complexity index is 670. The van der Waals surface area contributed by atoms with Crippen molar-refractivity contribution < 1.29 is 8.42 Å². The van der Waals surface area contributed by atoms with Gasteiger partial charge in [-0.3, -0.25) is 9.71 Å². The van der Waals surface area contributed by atoms with Crippen molar-refractivity contribution in [2.45, 2.75) is 10.6 Å². The maximum Gasteiger partial charge on any atom is 0.271 e. The highest BCUT2D eigenvalue weighted by Crippen LogP contribution is 2.27. The lowest BCUT2D eigenvalue weighted by Gasteiger charge is -2.07. The maximum absolute atomic E-state index is 12.2. The van der Waals surface area contributed by atoms with Crippen LogP contribution in [0.2, 0.25) is 0 Å². The standard InChI is InChI=1S/C11H12BrN3O2S2/c12-9-7-14-6-4-10(9)15-19(16,17)11-2-1-8(18-11)3-5-13/h1-2,4,6-7H,3,5,13H2,(H,14,15). The zero-order valence-electron chi connectivity index (χ0n) is 9.84. The monoisotopic (exact) mass is 361 g/mol. The number of halogens is 1. The lowest BCUT2D eigenvalue weighted by molar-refractivity contribution is 0.603. The van der Waals surface area contributed by atoms with Crippen LogP contribution in [0.4, 0.5) is 5.69 Å². The molecule has 0 bridgehead atoms. The minimum atomic E-state index is -3.56. The van der Waals surface area contributed by atoms with Gasteiger partial charge in [-0.05, 0) is 47.1 Å². The van der Waals surface area contributed by atoms with Gasteiger partial charge in [0.2, 0.25) is 0 Å². The zero-order chi connectivity index (χ0) is 13.9. The van der Waals surface area contributed by atoms with Crippen molar-refractivity contribution in [3.05, 3.63) is 39.9 Å². The number of nitrogens with zero attached hydrogens (tertiary/aromatic N) is 1. The third kappa shape index (κ3) is 3.53. The van der Waals surface area contributed by atoms with Gasteiger partial charge in [0.05, 0.1) is 10.2 Å². The molecular formula is C11H12BrN3O2S2. The van der Waals surface area contributed by atoms with Gasteiger partial charge in [-0.2, -0.15) is 0 Å². The molecule has 0 atom stereocenters. The fourth-order valence-electron chi connectivity index (χ4n) is 1.43. The van der Waals surface area contributed by atoms with E-state index < -0.39 is 10.0 Å². The molecule has 0 aromatic carbocycles. The summed E-state index contributed by atoms with van der Waals surface area (Å²) in [5, 5.41) is 0. The van der Waals surface area contributed by atoms with Gasteiger partial charge < -0.3 is 5.73 Å². The molecule has 19 heavy (non-hydrogen) atoms. The van der Waals surface area contributed by atoms with Crippen molar-refractivity contribution in [3.8, 4) is 0 Å². The first kappa shape index (κ1) is 14.4. The summed E-state index contributed by atoms with van der Waals surface area (Å²) in [5.74, 6) is 0. The van der Waals surface area contributed by atoms with E-state index in [0.29, 0.717) is 23.1 Å². The van der Waals surface area contributed by atoms with Crippen molar-refractivity contribution in [2.24, 2.45) is 5.73 Å². The number of nitrogens with one attached hydrogen (secondary N) is 1. The van der Waals surface area contributed by atoms with Gasteiger partial charge in [0, 0.05) is 17.3 Å². The molecule has 5 nitrogen and oxygen atoms in total. The van der Waals surface area contributed by atoms with Crippen molar-refractivity contribution in [1.29, 1.82) is 0 Å². The molecule has 8 heteroatoms. The molecule has 2 aromatic heterocycles. The molecule has 0 amide bonds. The van der Waals surface area contributed by atoms with Gasteiger partial charge in [0.15, 0.2) is 0 Å². The minimum absolute atomic E-state index is 0.277. The Kier molecular flexibility index (Phi) is 4.56. The van der Waals surface area contributed by atoms with E-state index in [-0.39, 0.29) is 4.21 Å². The fourth-order valence-corrected chi connectivity index (χ4v) is 4.36. The van der Waals surface area contributed by atoms with Crippen LogP contribution >= 0.6 is 27.3 Å². The Morgan fingerprint density at radius 1 is 1.37 bits per heavy atom. The summed E-state index contributed by atoms with van der Waals surface area (Å²) < 4.78 is 27.8. The number of hydrogen-bond acceptors (Lipinski definition) is 5. The third-order valence-corrected chi connectivity index (χ3v) is 5.94. The molecule has 102 valence electrons. The number of rotatable bonds is 5. The molecule has 0 saturated heterocycles. The Labute approximate surface area is 124 Å². The van der Waals surface area contributed by atoms with Gasteiger partial charge in [-0.25, -0.2) is 8.42 Å². The van der Waals surface area contributed by atoms with Crippen LogP contribution in [0.1, 0.15) is 4.88 Å². The van der Waals surface area contributed by atoms with Crippen molar-refractivity contribution >= 4 is 43.0 Å². The molecule has 0 aliphatic carbocycles. The van der Waals surface area contributed by atoms with Crippen LogP contribution in [0.15, 0.2) is 39.3 Å². The molecule has 2 heterocycles. The van der Waals surface area contributed by atoms with Gasteiger partial charge in [-0.15, -0.1) is 11.3 Å². The van der Waals surface area contributed by atoms with Gasteiger partial charge in [0.1, 0.15) is 4.21 Å². The lowest BCUT2D eigenvalue weighted by Crippen LogP contribution is -2.11. The highest BCUT2D eigenvalue weighted by molar-refractivity contribution is 9.10. The van der Waals surface area contributed by atoms with Crippen molar-refractivity contribution in [1.82, 2.24) is 4.98 Å². The van der Waals surface area contributed by atoms with Gasteiger partial charge >= 0.3 is 0 Å². The molecule has 2 rings (SSSR count). The molecule has 0 aliphatic heterocycles. The number of sulfonamides is 1. The van der Waals surface area contributed by atoms with Crippen LogP contribution in [0, 0.1) is 0 Å². The van der Waals surface area contributed by atoms with Gasteiger partial charge in [0.25, 0.3) is 10.0 Å². The number of nitrogens with two attached hydrogens (primary N) is 1. The molecule has 0 aliphatic rings.